The van der Waals surface area contributed by atoms with Gasteiger partial charge in [0.15, 0.2) is 5.58 Å². The summed E-state index contributed by atoms with van der Waals surface area (Å²) in [5, 5.41) is 7.38. The zero-order chi connectivity index (χ0) is 34.2. The van der Waals surface area contributed by atoms with Crippen molar-refractivity contribution in [2.75, 3.05) is 4.90 Å². The summed E-state index contributed by atoms with van der Waals surface area (Å²) in [4.78, 5) is 2.42. The van der Waals surface area contributed by atoms with Gasteiger partial charge < -0.3 is 9.32 Å². The highest BCUT2D eigenvalue weighted by Crippen LogP contribution is 2.50. The van der Waals surface area contributed by atoms with Crippen molar-refractivity contribution in [2.45, 2.75) is 0 Å². The molecule has 8 aromatic carbocycles. The van der Waals surface area contributed by atoms with Gasteiger partial charge in [-0.3, -0.25) is 0 Å². The molecule has 0 saturated heterocycles. The summed E-state index contributed by atoms with van der Waals surface area (Å²) in [5.41, 5.74) is 9.82. The average molecular weight is 700 g/mol. The minimum atomic E-state index is 0.877. The summed E-state index contributed by atoms with van der Waals surface area (Å²) < 4.78 is 11.9. The van der Waals surface area contributed by atoms with E-state index in [1.807, 2.05) is 28.7 Å². The Hall–Kier alpha value is -6.20. The first-order chi connectivity index (χ1) is 25.8. The molecule has 2 nitrogen and oxygen atoms in total. The molecule has 0 N–H and O–H groups in total. The maximum absolute atomic E-state index is 6.73. The van der Waals surface area contributed by atoms with E-state index in [1.54, 1.807) is 0 Å². The number of fused-ring (bicyclic) bond motifs is 9. The van der Waals surface area contributed by atoms with E-state index in [2.05, 4.69) is 175 Å². The monoisotopic (exact) mass is 699 g/mol. The van der Waals surface area contributed by atoms with Crippen LogP contribution < -0.4 is 4.90 Å². The number of nitrogens with zero attached hydrogens (tertiary/aromatic N) is 1. The van der Waals surface area contributed by atoms with E-state index in [0.717, 1.165) is 39.0 Å². The van der Waals surface area contributed by atoms with E-state index < -0.39 is 0 Å². The first-order valence-corrected chi connectivity index (χ1v) is 19.1. The molecule has 0 aliphatic carbocycles. The van der Waals surface area contributed by atoms with Gasteiger partial charge in [0.25, 0.3) is 0 Å². The smallest absolute Gasteiger partial charge is 0.159 e. The normalized spacial score (nSPS) is 11.8. The minimum absolute atomic E-state index is 0.877. The average Bonchev–Trinajstić information content (AvgIpc) is 3.91. The van der Waals surface area contributed by atoms with Crippen molar-refractivity contribution < 1.29 is 4.42 Å². The van der Waals surface area contributed by atoms with Gasteiger partial charge in [-0.25, -0.2) is 0 Å². The molecule has 11 rings (SSSR count). The second-order valence-corrected chi connectivity index (χ2v) is 15.3. The topological polar surface area (TPSA) is 16.4 Å². The van der Waals surface area contributed by atoms with E-state index in [-0.39, 0.29) is 0 Å². The fourth-order valence-electron chi connectivity index (χ4n) is 7.95. The van der Waals surface area contributed by atoms with Gasteiger partial charge in [0.1, 0.15) is 5.58 Å². The summed E-state index contributed by atoms with van der Waals surface area (Å²) in [7, 11) is 0. The van der Waals surface area contributed by atoms with Crippen molar-refractivity contribution in [1.82, 2.24) is 0 Å². The third-order valence-electron chi connectivity index (χ3n) is 10.3. The lowest BCUT2D eigenvalue weighted by atomic mass is 9.92. The lowest BCUT2D eigenvalue weighted by Crippen LogP contribution is -2.10. The molecule has 0 saturated carbocycles. The van der Waals surface area contributed by atoms with Crippen LogP contribution in [-0.2, 0) is 0 Å². The summed E-state index contributed by atoms with van der Waals surface area (Å²) in [5.74, 6) is 0. The largest absolute Gasteiger partial charge is 0.454 e. The van der Waals surface area contributed by atoms with Gasteiger partial charge in [-0.15, -0.1) is 22.7 Å². The molecule has 0 spiro atoms. The Morgan fingerprint density at radius 1 is 0.385 bits per heavy atom. The Balaban J connectivity index is 1.21. The van der Waals surface area contributed by atoms with Crippen molar-refractivity contribution in [3.63, 3.8) is 0 Å². The van der Waals surface area contributed by atoms with Gasteiger partial charge in [-0.1, -0.05) is 133 Å². The number of furan rings is 1. The molecule has 0 amide bonds. The predicted octanol–water partition coefficient (Wildman–Crippen LogP) is 15.1. The maximum atomic E-state index is 6.73. The second kappa shape index (κ2) is 11.7. The Morgan fingerprint density at radius 3 is 1.77 bits per heavy atom. The van der Waals surface area contributed by atoms with Crippen LogP contribution in [0.2, 0.25) is 0 Å². The van der Waals surface area contributed by atoms with Gasteiger partial charge in [-0.2, -0.15) is 0 Å². The molecular weight excluding hydrogens is 671 g/mol. The van der Waals surface area contributed by atoms with E-state index in [1.165, 1.54) is 62.6 Å². The first-order valence-electron chi connectivity index (χ1n) is 17.5. The molecule has 11 aromatic rings. The molecule has 3 aromatic heterocycles. The van der Waals surface area contributed by atoms with E-state index in [4.69, 9.17) is 4.42 Å². The molecule has 0 unspecified atom stereocenters. The van der Waals surface area contributed by atoms with Crippen LogP contribution in [0.4, 0.5) is 17.1 Å². The van der Waals surface area contributed by atoms with Crippen molar-refractivity contribution in [1.29, 1.82) is 0 Å². The van der Waals surface area contributed by atoms with Gasteiger partial charge in [-0.05, 0) is 59.2 Å². The van der Waals surface area contributed by atoms with Crippen LogP contribution in [0.15, 0.2) is 180 Å². The highest BCUT2D eigenvalue weighted by atomic mass is 32.1. The number of rotatable bonds is 5. The molecule has 3 heterocycles. The summed E-state index contributed by atoms with van der Waals surface area (Å²) >= 11 is 3.73. The van der Waals surface area contributed by atoms with Crippen molar-refractivity contribution in [2.24, 2.45) is 0 Å². The first kappa shape index (κ1) is 29.5. The van der Waals surface area contributed by atoms with E-state index in [9.17, 15) is 0 Å². The van der Waals surface area contributed by atoms with Crippen LogP contribution >= 0.6 is 22.7 Å². The SMILES string of the molecule is c1ccc(-c2cc(N(c3cccc4c3oc3ccccc34)c3cccc4c3sc3ccccc34)ccc2-c2cccc3c2sc2ccccc23)cc1. The zero-order valence-electron chi connectivity index (χ0n) is 27.9. The van der Waals surface area contributed by atoms with Gasteiger partial charge in [0, 0.05) is 57.7 Å². The Kier molecular flexibility index (Phi) is 6.63. The Bertz CT molecular complexity index is 3030. The third kappa shape index (κ3) is 4.48. The van der Waals surface area contributed by atoms with Crippen LogP contribution in [0.3, 0.4) is 0 Å². The molecular formula is C48H29NOS2. The lowest BCUT2D eigenvalue weighted by molar-refractivity contribution is 0.669. The van der Waals surface area contributed by atoms with Crippen molar-refractivity contribution in [3.05, 3.63) is 176 Å². The fraction of sp³-hybridized carbons (Fsp3) is 0. The number of anilines is 3. The van der Waals surface area contributed by atoms with Crippen LogP contribution in [0, 0.1) is 0 Å². The van der Waals surface area contributed by atoms with Gasteiger partial charge >= 0.3 is 0 Å². The second-order valence-electron chi connectivity index (χ2n) is 13.2. The standard InChI is InChI=1S/C48H29NOS2/c1-2-13-30(14-3-1)40-29-31(27-28-32(40)37-19-10-20-38-34-16-5-8-25-44(34)51-47(37)38)49(41-22-11-18-36-33-15-4-7-24-43(33)50-46(36)41)42-23-12-21-39-35-17-6-9-26-45(35)52-48(39)42/h1-29H. The van der Waals surface area contributed by atoms with Crippen LogP contribution in [0.25, 0.3) is 84.5 Å². The highest BCUT2D eigenvalue weighted by molar-refractivity contribution is 7.26. The Labute approximate surface area is 308 Å². The molecule has 0 bridgehead atoms. The van der Waals surface area contributed by atoms with E-state index >= 15 is 0 Å². The predicted molar refractivity (Wildman–Crippen MR) is 225 cm³/mol. The minimum Gasteiger partial charge on any atom is -0.454 e. The zero-order valence-corrected chi connectivity index (χ0v) is 29.5. The molecule has 0 fully saturated rings. The molecule has 0 aliphatic rings. The number of hydrogen-bond acceptors (Lipinski definition) is 4. The molecule has 0 radical (unpaired) electrons. The maximum Gasteiger partial charge on any atom is 0.159 e. The number of para-hydroxylation sites is 2. The van der Waals surface area contributed by atoms with Gasteiger partial charge in [0.05, 0.1) is 16.1 Å². The summed E-state index contributed by atoms with van der Waals surface area (Å²) in [6, 6.07) is 63.6. The van der Waals surface area contributed by atoms with Crippen LogP contribution in [-0.4, -0.2) is 0 Å². The van der Waals surface area contributed by atoms with Crippen LogP contribution in [0.1, 0.15) is 0 Å². The third-order valence-corrected chi connectivity index (χ3v) is 12.7. The Morgan fingerprint density at radius 2 is 0.981 bits per heavy atom. The summed E-state index contributed by atoms with van der Waals surface area (Å²) in [6.45, 7) is 0. The lowest BCUT2D eigenvalue weighted by Gasteiger charge is -2.27. The van der Waals surface area contributed by atoms with Crippen molar-refractivity contribution >= 4 is 102 Å². The van der Waals surface area contributed by atoms with Crippen LogP contribution in [0.5, 0.6) is 0 Å². The van der Waals surface area contributed by atoms with Gasteiger partial charge in [0.2, 0.25) is 0 Å². The molecule has 0 aliphatic heterocycles. The van der Waals surface area contributed by atoms with E-state index in [0.29, 0.717) is 0 Å². The highest BCUT2D eigenvalue weighted by Gasteiger charge is 2.24. The van der Waals surface area contributed by atoms with Crippen molar-refractivity contribution in [3.8, 4) is 22.3 Å². The molecule has 4 heteroatoms. The molecule has 0 atom stereocenters. The quantitative estimate of drug-likeness (QED) is 0.178. The molecule has 52 heavy (non-hydrogen) atoms. The summed E-state index contributed by atoms with van der Waals surface area (Å²) in [6.07, 6.45) is 0. The number of thiophene rings is 2. The number of hydrogen-bond donors (Lipinski definition) is 0. The molecule has 244 valence electrons. The number of benzene rings is 8. The fourth-order valence-corrected chi connectivity index (χ4v) is 10.4.